The van der Waals surface area contributed by atoms with Crippen molar-refractivity contribution < 1.29 is 24.9 Å². The molecule has 3 N–H and O–H groups in total. The zero-order valence-corrected chi connectivity index (χ0v) is 22.6. The fraction of sp³-hybridized carbons (Fsp3) is 0.654. The van der Waals surface area contributed by atoms with Gasteiger partial charge in [0.15, 0.2) is 0 Å². The molecule has 0 saturated carbocycles. The van der Waals surface area contributed by atoms with Gasteiger partial charge in [0.2, 0.25) is 0 Å². The minimum atomic E-state index is -2.45. The van der Waals surface area contributed by atoms with Gasteiger partial charge in [-0.15, -0.1) is 0 Å². The Bertz CT molecular complexity index is 672. The Hall–Kier alpha value is -1.44. The molecule has 0 aromatic heterocycles. The Morgan fingerprint density at radius 1 is 1.18 bits per heavy atom. The van der Waals surface area contributed by atoms with E-state index in [1.54, 1.807) is 6.92 Å². The number of benzene rings is 1. The Morgan fingerprint density at radius 3 is 2.00 bits per heavy atom. The monoisotopic (exact) mass is 487 g/mol. The maximum atomic E-state index is 11.6. The number of carbonyl (C=O) groups is 1. The minimum Gasteiger partial charge on any atom is -0.496 e. The van der Waals surface area contributed by atoms with Crippen molar-refractivity contribution in [3.05, 3.63) is 47.2 Å². The third-order valence-corrected chi connectivity index (χ3v) is 5.10. The highest BCUT2D eigenvalue weighted by Crippen LogP contribution is 2.36. The molecule has 1 heterocycles. The smallest absolute Gasteiger partial charge is 0.275 e. The predicted octanol–water partition coefficient (Wildman–Crippen LogP) is 5.20. The number of halogens is 1. The lowest BCUT2D eigenvalue weighted by atomic mass is 9.72. The van der Waals surface area contributed by atoms with Gasteiger partial charge in [0.1, 0.15) is 6.29 Å². The van der Waals surface area contributed by atoms with Crippen molar-refractivity contribution in [1.82, 2.24) is 4.90 Å². The number of aldehydes is 1. The second kappa shape index (κ2) is 16.2. The van der Waals surface area contributed by atoms with Crippen LogP contribution in [0.25, 0.3) is 0 Å². The number of likely N-dealkylation sites (tertiary alicyclic amines) is 1. The molecule has 6 nitrogen and oxygen atoms in total. The van der Waals surface area contributed by atoms with Gasteiger partial charge in [-0.05, 0) is 90.4 Å². The Kier molecular flexibility index (Phi) is 16.6. The molecular formula is C26H46ClNO5. The Morgan fingerprint density at radius 2 is 1.70 bits per heavy atom. The number of nitrogens with zero attached hydrogens (tertiary/aromatic N) is 1. The van der Waals surface area contributed by atoms with Crippen LogP contribution in [-0.2, 0) is 14.9 Å². The summed E-state index contributed by atoms with van der Waals surface area (Å²) in [6, 6.07) is 5.84. The number of hydrogen-bond acceptors (Lipinski definition) is 6. The van der Waals surface area contributed by atoms with Crippen molar-refractivity contribution in [2.24, 2.45) is 0 Å². The lowest BCUT2D eigenvalue weighted by Crippen LogP contribution is -2.42. The van der Waals surface area contributed by atoms with Gasteiger partial charge < -0.3 is 29.8 Å². The van der Waals surface area contributed by atoms with Crippen molar-refractivity contribution in [1.29, 1.82) is 0 Å². The molecule has 1 aromatic rings. The maximum absolute atomic E-state index is 11.6. The number of aliphatic hydroxyl groups is 3. The first-order valence-electron chi connectivity index (χ1n) is 11.6. The van der Waals surface area contributed by atoms with E-state index in [0.717, 1.165) is 43.3 Å². The first-order chi connectivity index (χ1) is 15.2. The number of carbonyl (C=O) groups excluding carboxylic acids is 1. The largest absolute Gasteiger partial charge is 0.496 e. The number of piperidine rings is 1. The van der Waals surface area contributed by atoms with E-state index in [-0.39, 0.29) is 17.4 Å². The molecule has 2 rings (SSSR count). The van der Waals surface area contributed by atoms with Crippen LogP contribution in [0.15, 0.2) is 31.0 Å². The van der Waals surface area contributed by atoms with Crippen LogP contribution in [0.2, 0.25) is 5.02 Å². The maximum Gasteiger partial charge on any atom is 0.275 e. The van der Waals surface area contributed by atoms with Gasteiger partial charge in [0.05, 0.1) is 17.3 Å². The highest BCUT2D eigenvalue weighted by molar-refractivity contribution is 6.30. The summed E-state index contributed by atoms with van der Waals surface area (Å²) in [5.41, 5.74) is 1.86. The summed E-state index contributed by atoms with van der Waals surface area (Å²) >= 11 is 6.06. The van der Waals surface area contributed by atoms with Crippen molar-refractivity contribution in [2.75, 3.05) is 20.1 Å². The van der Waals surface area contributed by atoms with Gasteiger partial charge in [0.25, 0.3) is 5.97 Å². The standard InChI is InChI=1S/C14H18ClNO.C6H12O.C4H10O3.C2H6/c1-11-3-4-12(15)9-13(11)14(10-17)5-7-16(2)8-6-14;1-5-7-6(2,3)4;1-2-3-4(5,6)7;1-2/h3-4,9-10H,5-8H2,1-2H3;5H,1H2,2-4H3;5-7H,2-3H2,1H3;1-2H3. The molecular weight excluding hydrogens is 442 g/mol. The molecule has 33 heavy (non-hydrogen) atoms. The average molecular weight is 488 g/mol. The van der Waals surface area contributed by atoms with E-state index in [1.807, 2.05) is 52.8 Å². The molecule has 192 valence electrons. The molecule has 1 aliphatic heterocycles. The molecule has 1 saturated heterocycles. The third-order valence-electron chi connectivity index (χ3n) is 4.86. The van der Waals surface area contributed by atoms with Gasteiger partial charge in [-0.25, -0.2) is 0 Å². The molecule has 0 aliphatic carbocycles. The third kappa shape index (κ3) is 15.2. The van der Waals surface area contributed by atoms with Gasteiger partial charge in [0, 0.05) is 11.4 Å². The number of aryl methyl sites for hydroxylation is 1. The van der Waals surface area contributed by atoms with Gasteiger partial charge in [-0.3, -0.25) is 0 Å². The SMILES string of the molecule is C=COC(C)(C)C.CC.CCCC(O)(O)O.Cc1ccc(Cl)cc1C1(C=O)CCN(C)CC1. The second-order valence-electron chi connectivity index (χ2n) is 8.96. The lowest BCUT2D eigenvalue weighted by Gasteiger charge is -2.37. The first-order valence-corrected chi connectivity index (χ1v) is 11.9. The van der Waals surface area contributed by atoms with Gasteiger partial charge in [-0.2, -0.15) is 0 Å². The fourth-order valence-electron chi connectivity index (χ4n) is 3.18. The van der Waals surface area contributed by atoms with E-state index in [9.17, 15) is 4.79 Å². The molecule has 0 unspecified atom stereocenters. The van der Waals surface area contributed by atoms with Crippen LogP contribution in [0.3, 0.4) is 0 Å². The number of rotatable bonds is 5. The predicted molar refractivity (Wildman–Crippen MR) is 137 cm³/mol. The van der Waals surface area contributed by atoms with Crippen molar-refractivity contribution in [2.45, 2.75) is 91.1 Å². The first kappa shape index (κ1) is 33.7. The highest BCUT2D eigenvalue weighted by atomic mass is 35.5. The van der Waals surface area contributed by atoms with Crippen LogP contribution >= 0.6 is 11.6 Å². The summed E-state index contributed by atoms with van der Waals surface area (Å²) in [6.07, 6.45) is 4.91. The molecule has 0 atom stereocenters. The second-order valence-corrected chi connectivity index (χ2v) is 9.39. The summed E-state index contributed by atoms with van der Waals surface area (Å²) in [6.45, 7) is 19.1. The Balaban J connectivity index is 0. The normalized spacial score (nSPS) is 15.4. The molecule has 1 aromatic carbocycles. The summed E-state index contributed by atoms with van der Waals surface area (Å²) in [7, 11) is 2.10. The van der Waals surface area contributed by atoms with Crippen LogP contribution in [0.1, 0.15) is 78.4 Å². The average Bonchev–Trinajstić information content (AvgIpc) is 2.71. The highest BCUT2D eigenvalue weighted by Gasteiger charge is 2.36. The summed E-state index contributed by atoms with van der Waals surface area (Å²) in [4.78, 5) is 13.9. The molecule has 0 radical (unpaired) electrons. The van der Waals surface area contributed by atoms with Crippen LogP contribution < -0.4 is 0 Å². The zero-order valence-electron chi connectivity index (χ0n) is 21.8. The van der Waals surface area contributed by atoms with E-state index in [2.05, 4.69) is 25.5 Å². The minimum absolute atomic E-state index is 0.00694. The van der Waals surface area contributed by atoms with Crippen LogP contribution in [0.4, 0.5) is 0 Å². The fourth-order valence-corrected chi connectivity index (χ4v) is 3.36. The molecule has 0 amide bonds. The van der Waals surface area contributed by atoms with Crippen molar-refractivity contribution in [3.63, 3.8) is 0 Å². The molecule has 1 fully saturated rings. The van der Waals surface area contributed by atoms with Crippen molar-refractivity contribution in [3.8, 4) is 0 Å². The molecule has 7 heteroatoms. The van der Waals surface area contributed by atoms with Crippen LogP contribution in [-0.4, -0.2) is 58.2 Å². The Labute approximate surface area is 206 Å². The summed E-state index contributed by atoms with van der Waals surface area (Å²) in [5, 5.41) is 25.1. The molecule has 0 spiro atoms. The molecule has 1 aliphatic rings. The van der Waals surface area contributed by atoms with Crippen LogP contribution in [0.5, 0.6) is 0 Å². The molecule has 0 bridgehead atoms. The van der Waals surface area contributed by atoms with Gasteiger partial charge in [-0.1, -0.05) is 45.0 Å². The van der Waals surface area contributed by atoms with E-state index in [4.69, 9.17) is 31.7 Å². The van der Waals surface area contributed by atoms with Crippen molar-refractivity contribution >= 4 is 17.9 Å². The summed E-state index contributed by atoms with van der Waals surface area (Å²) in [5.74, 6) is -2.45. The van der Waals surface area contributed by atoms with E-state index < -0.39 is 5.97 Å². The lowest BCUT2D eigenvalue weighted by molar-refractivity contribution is -0.314. The van der Waals surface area contributed by atoms with E-state index in [0.29, 0.717) is 11.4 Å². The summed E-state index contributed by atoms with van der Waals surface area (Å²) < 4.78 is 4.99. The topological polar surface area (TPSA) is 90.2 Å². The number of ether oxygens (including phenoxy) is 1. The quantitative estimate of drug-likeness (QED) is 0.300. The van der Waals surface area contributed by atoms with Gasteiger partial charge >= 0.3 is 0 Å². The van der Waals surface area contributed by atoms with E-state index in [1.165, 1.54) is 6.26 Å². The number of hydrogen-bond donors (Lipinski definition) is 3. The van der Waals surface area contributed by atoms with E-state index >= 15 is 0 Å². The van der Waals surface area contributed by atoms with Crippen LogP contribution in [0, 0.1) is 6.92 Å². The zero-order chi connectivity index (χ0) is 26.3.